The Morgan fingerprint density at radius 1 is 1.44 bits per heavy atom. The van der Waals surface area contributed by atoms with Gasteiger partial charge in [0.15, 0.2) is 10.7 Å². The van der Waals surface area contributed by atoms with Gasteiger partial charge in [-0.05, 0) is 13.3 Å². The second-order valence-corrected chi connectivity index (χ2v) is 4.81. The molecule has 8 heteroatoms. The molecule has 3 amide bonds. The smallest absolute Gasteiger partial charge is 0.322 e. The number of rotatable bonds is 4. The lowest BCUT2D eigenvalue weighted by molar-refractivity contribution is 0.0935. The Labute approximate surface area is 110 Å². The van der Waals surface area contributed by atoms with E-state index in [1.807, 2.05) is 13.8 Å². The fraction of sp³-hybridized carbons (Fsp3) is 0.600. The monoisotopic (exact) mass is 271 g/mol. The summed E-state index contributed by atoms with van der Waals surface area (Å²) in [6, 6.07) is -0.268. The van der Waals surface area contributed by atoms with Crippen LogP contribution in [0, 0.1) is 0 Å². The van der Waals surface area contributed by atoms with E-state index in [2.05, 4.69) is 20.2 Å². The molecule has 1 aromatic heterocycles. The van der Waals surface area contributed by atoms with Gasteiger partial charge >= 0.3 is 6.03 Å². The van der Waals surface area contributed by atoms with E-state index in [1.165, 1.54) is 4.90 Å². The SMILES string of the molecule is CCC(C)NC(=O)c1nnsc1NC(=O)N(C)C. The lowest BCUT2D eigenvalue weighted by Gasteiger charge is -2.12. The van der Waals surface area contributed by atoms with Crippen molar-refractivity contribution < 1.29 is 9.59 Å². The molecule has 0 spiro atoms. The molecule has 1 heterocycles. The summed E-state index contributed by atoms with van der Waals surface area (Å²) in [4.78, 5) is 24.7. The Balaban J connectivity index is 2.76. The highest BCUT2D eigenvalue weighted by molar-refractivity contribution is 7.10. The Kier molecular flexibility index (Phi) is 5.02. The van der Waals surface area contributed by atoms with Crippen molar-refractivity contribution in [3.05, 3.63) is 5.69 Å². The lowest BCUT2D eigenvalue weighted by Crippen LogP contribution is -2.33. The molecule has 0 aromatic carbocycles. The quantitative estimate of drug-likeness (QED) is 0.860. The first-order valence-corrected chi connectivity index (χ1v) is 6.34. The van der Waals surface area contributed by atoms with Gasteiger partial charge in [0.25, 0.3) is 5.91 Å². The van der Waals surface area contributed by atoms with Crippen molar-refractivity contribution in [3.63, 3.8) is 0 Å². The summed E-state index contributed by atoms with van der Waals surface area (Å²) in [6.07, 6.45) is 0.822. The van der Waals surface area contributed by atoms with Crippen molar-refractivity contribution in [2.45, 2.75) is 26.3 Å². The second-order valence-electron chi connectivity index (χ2n) is 4.06. The predicted molar refractivity (Wildman–Crippen MR) is 69.8 cm³/mol. The fourth-order valence-electron chi connectivity index (χ4n) is 1.02. The summed E-state index contributed by atoms with van der Waals surface area (Å²) >= 11 is 0.978. The molecule has 1 atom stereocenters. The third-order valence-corrected chi connectivity index (χ3v) is 2.96. The molecule has 0 aliphatic carbocycles. The van der Waals surface area contributed by atoms with E-state index < -0.39 is 0 Å². The van der Waals surface area contributed by atoms with Crippen LogP contribution in [0.25, 0.3) is 0 Å². The summed E-state index contributed by atoms with van der Waals surface area (Å²) in [6.45, 7) is 3.87. The number of amides is 3. The number of anilines is 1. The molecule has 1 rings (SSSR count). The van der Waals surface area contributed by atoms with E-state index >= 15 is 0 Å². The predicted octanol–water partition coefficient (Wildman–Crippen LogP) is 1.16. The maximum Gasteiger partial charge on any atom is 0.322 e. The van der Waals surface area contributed by atoms with Crippen LogP contribution in [0.5, 0.6) is 0 Å². The average Bonchev–Trinajstić information content (AvgIpc) is 2.76. The molecule has 7 nitrogen and oxygen atoms in total. The average molecular weight is 271 g/mol. The van der Waals surface area contributed by atoms with Crippen LogP contribution in [0.4, 0.5) is 9.80 Å². The third-order valence-electron chi connectivity index (χ3n) is 2.32. The molecule has 0 aliphatic heterocycles. The molecule has 0 radical (unpaired) electrons. The molecule has 0 bridgehead atoms. The maximum atomic E-state index is 11.9. The number of urea groups is 1. The first-order valence-electron chi connectivity index (χ1n) is 5.57. The van der Waals surface area contributed by atoms with E-state index in [4.69, 9.17) is 0 Å². The van der Waals surface area contributed by atoms with Crippen LogP contribution < -0.4 is 10.6 Å². The number of carbonyl (C=O) groups is 2. The van der Waals surface area contributed by atoms with Gasteiger partial charge in [-0.2, -0.15) is 0 Å². The van der Waals surface area contributed by atoms with E-state index in [1.54, 1.807) is 14.1 Å². The van der Waals surface area contributed by atoms with Gasteiger partial charge in [0.1, 0.15) is 0 Å². The maximum absolute atomic E-state index is 11.9. The van der Waals surface area contributed by atoms with Crippen molar-refractivity contribution in [2.75, 3.05) is 19.4 Å². The number of nitrogens with one attached hydrogen (secondary N) is 2. The zero-order chi connectivity index (χ0) is 13.7. The molecule has 18 heavy (non-hydrogen) atoms. The Hall–Kier alpha value is -1.70. The van der Waals surface area contributed by atoms with Crippen molar-refractivity contribution in [2.24, 2.45) is 0 Å². The minimum absolute atomic E-state index is 0.0524. The molecule has 0 fully saturated rings. The lowest BCUT2D eigenvalue weighted by atomic mass is 10.2. The molecular formula is C10H17N5O2S. The highest BCUT2D eigenvalue weighted by atomic mass is 32.1. The normalized spacial score (nSPS) is 11.8. The number of hydrogen-bond acceptors (Lipinski definition) is 5. The Morgan fingerprint density at radius 2 is 2.11 bits per heavy atom. The summed E-state index contributed by atoms with van der Waals surface area (Å²) in [5, 5.41) is 9.45. The minimum Gasteiger partial charge on any atom is -0.348 e. The Bertz CT molecular complexity index is 432. The van der Waals surface area contributed by atoms with Gasteiger partial charge in [-0.1, -0.05) is 11.4 Å². The number of carbonyl (C=O) groups excluding carboxylic acids is 2. The topological polar surface area (TPSA) is 87.2 Å². The van der Waals surface area contributed by atoms with Crippen LogP contribution in [0.1, 0.15) is 30.8 Å². The van der Waals surface area contributed by atoms with E-state index in [-0.39, 0.29) is 23.7 Å². The van der Waals surface area contributed by atoms with Crippen LogP contribution in [0.2, 0.25) is 0 Å². The zero-order valence-corrected chi connectivity index (χ0v) is 11.7. The first-order chi connectivity index (χ1) is 8.45. The zero-order valence-electron chi connectivity index (χ0n) is 10.9. The summed E-state index contributed by atoms with van der Waals surface area (Å²) in [7, 11) is 3.23. The van der Waals surface area contributed by atoms with E-state index in [9.17, 15) is 9.59 Å². The molecule has 1 unspecified atom stereocenters. The van der Waals surface area contributed by atoms with Crippen molar-refractivity contribution in [1.29, 1.82) is 0 Å². The first kappa shape index (κ1) is 14.4. The largest absolute Gasteiger partial charge is 0.348 e. The van der Waals surface area contributed by atoms with Crippen LogP contribution in [-0.2, 0) is 0 Å². The van der Waals surface area contributed by atoms with Crippen molar-refractivity contribution >= 4 is 28.5 Å². The molecule has 100 valence electrons. The fourth-order valence-corrected chi connectivity index (χ4v) is 1.58. The second kappa shape index (κ2) is 6.29. The van der Waals surface area contributed by atoms with Gasteiger partial charge in [0.05, 0.1) is 0 Å². The third kappa shape index (κ3) is 3.66. The van der Waals surface area contributed by atoms with Crippen molar-refractivity contribution in [1.82, 2.24) is 19.8 Å². The van der Waals surface area contributed by atoms with Crippen LogP contribution in [0.3, 0.4) is 0 Å². The summed E-state index contributed by atoms with van der Waals surface area (Å²) in [5.41, 5.74) is 0.149. The molecule has 2 N–H and O–H groups in total. The van der Waals surface area contributed by atoms with Gasteiger partial charge in [0, 0.05) is 31.7 Å². The standard InChI is InChI=1S/C10H17N5O2S/c1-5-6(2)11-8(16)7-9(18-14-13-7)12-10(17)15(3)4/h6H,5H2,1-4H3,(H,11,16)(H,12,17). The van der Waals surface area contributed by atoms with Crippen molar-refractivity contribution in [3.8, 4) is 0 Å². The molecule has 0 saturated carbocycles. The number of hydrogen-bond donors (Lipinski definition) is 2. The number of aromatic nitrogens is 2. The number of nitrogens with zero attached hydrogens (tertiary/aromatic N) is 3. The van der Waals surface area contributed by atoms with Crippen LogP contribution in [-0.4, -0.2) is 46.6 Å². The molecular weight excluding hydrogens is 254 g/mol. The van der Waals surface area contributed by atoms with E-state index in [0.29, 0.717) is 5.00 Å². The van der Waals surface area contributed by atoms with Gasteiger partial charge in [-0.3, -0.25) is 10.1 Å². The van der Waals surface area contributed by atoms with Crippen LogP contribution >= 0.6 is 11.5 Å². The molecule has 1 aromatic rings. The summed E-state index contributed by atoms with van der Waals surface area (Å²) in [5.74, 6) is -0.327. The van der Waals surface area contributed by atoms with Crippen LogP contribution in [0.15, 0.2) is 0 Å². The molecule has 0 saturated heterocycles. The van der Waals surface area contributed by atoms with Gasteiger partial charge in [-0.15, -0.1) is 5.10 Å². The highest BCUT2D eigenvalue weighted by Gasteiger charge is 2.19. The summed E-state index contributed by atoms with van der Waals surface area (Å²) < 4.78 is 3.69. The van der Waals surface area contributed by atoms with Gasteiger partial charge in [0.2, 0.25) is 0 Å². The van der Waals surface area contributed by atoms with Gasteiger partial charge in [-0.25, -0.2) is 4.79 Å². The Morgan fingerprint density at radius 3 is 2.67 bits per heavy atom. The van der Waals surface area contributed by atoms with Gasteiger partial charge < -0.3 is 10.2 Å². The molecule has 0 aliphatic rings. The minimum atomic E-state index is -0.327. The highest BCUT2D eigenvalue weighted by Crippen LogP contribution is 2.18. The van der Waals surface area contributed by atoms with E-state index in [0.717, 1.165) is 18.0 Å².